The Bertz CT molecular complexity index is 932. The summed E-state index contributed by atoms with van der Waals surface area (Å²) in [5.74, 6) is 0.0538. The molecule has 0 aliphatic carbocycles. The number of nitrogen functional groups attached to an aromatic ring is 1. The van der Waals surface area contributed by atoms with Crippen molar-refractivity contribution in [2.24, 2.45) is 5.92 Å². The van der Waals surface area contributed by atoms with Gasteiger partial charge in [0.2, 0.25) is 0 Å². The molecule has 0 aliphatic rings. The number of aromatic nitrogens is 2. The fourth-order valence-electron chi connectivity index (χ4n) is 2.83. The molecule has 2 rings (SSSR count). The highest BCUT2D eigenvalue weighted by atomic mass is 127. The molecule has 1 amide bonds. The molecule has 152 valence electrons. The molecule has 0 unspecified atom stereocenters. The van der Waals surface area contributed by atoms with E-state index in [1.807, 2.05) is 32.9 Å². The lowest BCUT2D eigenvalue weighted by molar-refractivity contribution is 0.0985. The van der Waals surface area contributed by atoms with Gasteiger partial charge >= 0.3 is 5.69 Å². The van der Waals surface area contributed by atoms with Crippen LogP contribution in [0.3, 0.4) is 0 Å². The summed E-state index contributed by atoms with van der Waals surface area (Å²) in [6.45, 7) is 6.82. The maximum absolute atomic E-state index is 13.2. The second-order valence-corrected chi connectivity index (χ2v) is 8.39. The van der Waals surface area contributed by atoms with Crippen LogP contribution in [0.15, 0.2) is 33.9 Å². The van der Waals surface area contributed by atoms with Gasteiger partial charge in [0, 0.05) is 22.2 Å². The van der Waals surface area contributed by atoms with Gasteiger partial charge in [-0.15, -0.1) is 0 Å². The van der Waals surface area contributed by atoms with Crippen LogP contribution in [0, 0.1) is 9.49 Å². The number of H-pyrrole nitrogens is 1. The molecule has 0 spiro atoms. The average Bonchev–Trinajstić information content (AvgIpc) is 2.64. The van der Waals surface area contributed by atoms with E-state index in [-0.39, 0.29) is 17.4 Å². The zero-order chi connectivity index (χ0) is 20.8. The summed E-state index contributed by atoms with van der Waals surface area (Å²) in [4.78, 5) is 41.8. The third-order valence-corrected chi connectivity index (χ3v) is 5.20. The Morgan fingerprint density at radius 1 is 1.25 bits per heavy atom. The fourth-order valence-corrected chi connectivity index (χ4v) is 3.19. The maximum Gasteiger partial charge on any atom is 0.330 e. The van der Waals surface area contributed by atoms with Crippen molar-refractivity contribution in [3.63, 3.8) is 0 Å². The first-order chi connectivity index (χ1) is 13.3. The standard InChI is InChI=1S/C20H27IN4O3/c1-4-5-11-25-17(22)16(18(26)23-20(25)28)24(12-10-13(2)3)19(27)14-6-8-15(21)9-7-14/h6-9,13H,4-5,10-12,22H2,1-3H3,(H,23,26,28). The van der Waals surface area contributed by atoms with Crippen LogP contribution in [0.2, 0.25) is 0 Å². The first-order valence-corrected chi connectivity index (χ1v) is 10.5. The average molecular weight is 498 g/mol. The number of rotatable bonds is 8. The molecule has 2 aromatic rings. The molecule has 0 saturated heterocycles. The molecule has 3 N–H and O–H groups in total. The highest BCUT2D eigenvalue weighted by Gasteiger charge is 2.25. The Hall–Kier alpha value is -2.10. The maximum atomic E-state index is 13.2. The molecule has 0 fully saturated rings. The van der Waals surface area contributed by atoms with Crippen LogP contribution in [-0.4, -0.2) is 22.0 Å². The van der Waals surface area contributed by atoms with Crippen LogP contribution < -0.4 is 21.9 Å². The number of carbonyl (C=O) groups is 1. The van der Waals surface area contributed by atoms with Crippen molar-refractivity contribution in [2.75, 3.05) is 17.2 Å². The summed E-state index contributed by atoms with van der Waals surface area (Å²) in [5.41, 5.74) is 5.54. The number of hydrogen-bond acceptors (Lipinski definition) is 4. The van der Waals surface area contributed by atoms with Crippen LogP contribution in [0.25, 0.3) is 0 Å². The topological polar surface area (TPSA) is 101 Å². The summed E-state index contributed by atoms with van der Waals surface area (Å²) in [6, 6.07) is 7.13. The number of aromatic amines is 1. The molecule has 1 heterocycles. The van der Waals surface area contributed by atoms with Gasteiger partial charge in [0.1, 0.15) is 5.82 Å². The Labute approximate surface area is 178 Å². The van der Waals surface area contributed by atoms with Gasteiger partial charge in [-0.05, 0) is 65.6 Å². The van der Waals surface area contributed by atoms with Crippen molar-refractivity contribution < 1.29 is 4.79 Å². The minimum absolute atomic E-state index is 0.0322. The van der Waals surface area contributed by atoms with Gasteiger partial charge in [-0.2, -0.15) is 0 Å². The minimum atomic E-state index is -0.641. The number of unbranched alkanes of at least 4 members (excludes halogenated alkanes) is 1. The lowest BCUT2D eigenvalue weighted by atomic mass is 10.1. The number of nitrogens with zero attached hydrogens (tertiary/aromatic N) is 2. The van der Waals surface area contributed by atoms with Gasteiger partial charge in [0.25, 0.3) is 11.5 Å². The number of carbonyl (C=O) groups excluding carboxylic acids is 1. The van der Waals surface area contributed by atoms with E-state index in [9.17, 15) is 14.4 Å². The number of benzene rings is 1. The summed E-state index contributed by atoms with van der Waals surface area (Å²) in [7, 11) is 0. The lowest BCUT2D eigenvalue weighted by Gasteiger charge is -2.25. The van der Waals surface area contributed by atoms with Gasteiger partial charge in [-0.25, -0.2) is 4.79 Å². The van der Waals surface area contributed by atoms with E-state index >= 15 is 0 Å². The normalized spacial score (nSPS) is 11.0. The first kappa shape index (κ1) is 22.2. The molecular formula is C20H27IN4O3. The predicted octanol–water partition coefficient (Wildman–Crippen LogP) is 3.22. The third-order valence-electron chi connectivity index (χ3n) is 4.49. The predicted molar refractivity (Wildman–Crippen MR) is 121 cm³/mol. The number of nitrogens with one attached hydrogen (secondary N) is 1. The Morgan fingerprint density at radius 2 is 1.89 bits per heavy atom. The van der Waals surface area contributed by atoms with E-state index < -0.39 is 11.2 Å². The van der Waals surface area contributed by atoms with Crippen molar-refractivity contribution in [3.8, 4) is 0 Å². The molecule has 0 radical (unpaired) electrons. The fraction of sp³-hybridized carbons (Fsp3) is 0.450. The monoisotopic (exact) mass is 498 g/mol. The number of nitrogens with two attached hydrogens (primary N) is 1. The highest BCUT2D eigenvalue weighted by Crippen LogP contribution is 2.21. The first-order valence-electron chi connectivity index (χ1n) is 9.46. The second kappa shape index (κ2) is 9.90. The largest absolute Gasteiger partial charge is 0.383 e. The molecule has 0 saturated carbocycles. The van der Waals surface area contributed by atoms with E-state index in [0.717, 1.165) is 16.4 Å². The summed E-state index contributed by atoms with van der Waals surface area (Å²) >= 11 is 2.17. The number of anilines is 2. The van der Waals surface area contributed by atoms with E-state index in [4.69, 9.17) is 5.73 Å². The second-order valence-electron chi connectivity index (χ2n) is 7.14. The van der Waals surface area contributed by atoms with Gasteiger partial charge in [-0.1, -0.05) is 27.2 Å². The Kier molecular flexibility index (Phi) is 7.85. The van der Waals surface area contributed by atoms with Crippen LogP contribution in [0.5, 0.6) is 0 Å². The number of amides is 1. The van der Waals surface area contributed by atoms with Gasteiger partial charge in [0.05, 0.1) is 0 Å². The SMILES string of the molecule is CCCCn1c(N)c(N(CCC(C)C)C(=O)c2ccc(I)cc2)c(=O)[nH]c1=O. The number of halogens is 1. The van der Waals surface area contributed by atoms with Crippen molar-refractivity contribution in [3.05, 3.63) is 54.2 Å². The molecular weight excluding hydrogens is 471 g/mol. The molecule has 28 heavy (non-hydrogen) atoms. The zero-order valence-electron chi connectivity index (χ0n) is 16.5. The Morgan fingerprint density at radius 3 is 2.46 bits per heavy atom. The third kappa shape index (κ3) is 5.24. The molecule has 7 nitrogen and oxygen atoms in total. The van der Waals surface area contributed by atoms with Crippen molar-refractivity contribution >= 4 is 40.0 Å². The van der Waals surface area contributed by atoms with Crippen molar-refractivity contribution in [2.45, 2.75) is 46.6 Å². The quantitative estimate of drug-likeness (QED) is 0.546. The van der Waals surface area contributed by atoms with Crippen LogP contribution in [0.4, 0.5) is 11.5 Å². The van der Waals surface area contributed by atoms with E-state index in [1.54, 1.807) is 12.1 Å². The van der Waals surface area contributed by atoms with Gasteiger partial charge in [-0.3, -0.25) is 19.1 Å². The molecule has 0 bridgehead atoms. The smallest absolute Gasteiger partial charge is 0.330 e. The zero-order valence-corrected chi connectivity index (χ0v) is 18.7. The van der Waals surface area contributed by atoms with Gasteiger partial charge < -0.3 is 10.6 Å². The lowest BCUT2D eigenvalue weighted by Crippen LogP contribution is -2.42. The van der Waals surface area contributed by atoms with Gasteiger partial charge in [0.15, 0.2) is 5.69 Å². The summed E-state index contributed by atoms with van der Waals surface area (Å²) in [5, 5.41) is 0. The molecule has 8 heteroatoms. The van der Waals surface area contributed by atoms with Crippen LogP contribution in [0.1, 0.15) is 50.4 Å². The minimum Gasteiger partial charge on any atom is -0.383 e. The van der Waals surface area contributed by atoms with E-state index in [1.165, 1.54) is 9.47 Å². The highest BCUT2D eigenvalue weighted by molar-refractivity contribution is 14.1. The number of hydrogen-bond donors (Lipinski definition) is 2. The van der Waals surface area contributed by atoms with Crippen LogP contribution >= 0.6 is 22.6 Å². The summed E-state index contributed by atoms with van der Waals surface area (Å²) in [6.07, 6.45) is 2.31. The Balaban J connectivity index is 2.56. The summed E-state index contributed by atoms with van der Waals surface area (Å²) < 4.78 is 2.34. The molecule has 0 aliphatic heterocycles. The van der Waals surface area contributed by atoms with Crippen molar-refractivity contribution in [1.82, 2.24) is 9.55 Å². The van der Waals surface area contributed by atoms with Crippen molar-refractivity contribution in [1.29, 1.82) is 0 Å². The van der Waals surface area contributed by atoms with E-state index in [0.29, 0.717) is 31.0 Å². The molecule has 1 aromatic heterocycles. The molecule has 1 aromatic carbocycles. The molecule has 0 atom stereocenters. The van der Waals surface area contributed by atoms with E-state index in [2.05, 4.69) is 27.6 Å². The van der Waals surface area contributed by atoms with Crippen LogP contribution in [-0.2, 0) is 6.54 Å².